The molecule has 0 amide bonds. The summed E-state index contributed by atoms with van der Waals surface area (Å²) < 4.78 is 10.8. The van der Waals surface area contributed by atoms with Gasteiger partial charge in [-0.1, -0.05) is 32.9 Å². The molecule has 1 saturated heterocycles. The molecular formula is C15H24O4. The minimum atomic E-state index is -0.354. The number of carbonyl (C=O) groups is 2. The highest BCUT2D eigenvalue weighted by Crippen LogP contribution is 2.28. The SMILES string of the molecule is C=C1C[C@H](COC(C)=O)O[C@H](CC(=O)C(C)(C)C)C1. The summed E-state index contributed by atoms with van der Waals surface area (Å²) in [5.74, 6) is -0.138. The van der Waals surface area contributed by atoms with E-state index in [0.717, 1.165) is 5.57 Å². The van der Waals surface area contributed by atoms with Crippen molar-refractivity contribution in [3.05, 3.63) is 12.2 Å². The van der Waals surface area contributed by atoms with E-state index >= 15 is 0 Å². The molecule has 0 spiro atoms. The smallest absolute Gasteiger partial charge is 0.302 e. The molecule has 0 aromatic rings. The van der Waals surface area contributed by atoms with Gasteiger partial charge < -0.3 is 9.47 Å². The molecule has 0 radical (unpaired) electrons. The number of esters is 1. The van der Waals surface area contributed by atoms with Crippen molar-refractivity contribution in [3.63, 3.8) is 0 Å². The van der Waals surface area contributed by atoms with Crippen molar-refractivity contribution in [2.75, 3.05) is 6.61 Å². The van der Waals surface area contributed by atoms with Gasteiger partial charge in [-0.05, 0) is 12.8 Å². The molecule has 1 aliphatic rings. The zero-order valence-corrected chi connectivity index (χ0v) is 12.3. The van der Waals surface area contributed by atoms with Crippen LogP contribution in [0.2, 0.25) is 0 Å². The first kappa shape index (κ1) is 15.9. The maximum atomic E-state index is 12.0. The Kier molecular flexibility index (Phi) is 5.29. The Balaban J connectivity index is 2.53. The minimum absolute atomic E-state index is 0.145. The molecule has 2 atom stereocenters. The van der Waals surface area contributed by atoms with Crippen LogP contribution in [0.25, 0.3) is 0 Å². The van der Waals surface area contributed by atoms with Crippen LogP contribution in [0.1, 0.15) is 47.0 Å². The molecule has 0 saturated carbocycles. The fraction of sp³-hybridized carbons (Fsp3) is 0.733. The molecule has 1 heterocycles. The zero-order valence-electron chi connectivity index (χ0n) is 12.3. The van der Waals surface area contributed by atoms with E-state index in [1.165, 1.54) is 6.92 Å². The molecule has 0 aliphatic carbocycles. The van der Waals surface area contributed by atoms with Gasteiger partial charge in [0.1, 0.15) is 12.4 Å². The summed E-state index contributed by atoms with van der Waals surface area (Å²) in [6.45, 7) is 11.3. The summed E-state index contributed by atoms with van der Waals surface area (Å²) in [5.41, 5.74) is 0.697. The average molecular weight is 268 g/mol. The van der Waals surface area contributed by atoms with E-state index in [4.69, 9.17) is 9.47 Å². The van der Waals surface area contributed by atoms with Crippen LogP contribution in [0.15, 0.2) is 12.2 Å². The average Bonchev–Trinajstić information content (AvgIpc) is 2.24. The molecule has 0 N–H and O–H groups in total. The van der Waals surface area contributed by atoms with Crippen LogP contribution in [-0.4, -0.2) is 30.6 Å². The van der Waals surface area contributed by atoms with Gasteiger partial charge in [-0.15, -0.1) is 0 Å². The molecule has 4 nitrogen and oxygen atoms in total. The number of Topliss-reactive ketones (excluding diaryl/α,β-unsaturated/α-hetero) is 1. The second kappa shape index (κ2) is 6.33. The maximum absolute atomic E-state index is 12.0. The van der Waals surface area contributed by atoms with Gasteiger partial charge in [0.25, 0.3) is 0 Å². The van der Waals surface area contributed by atoms with Gasteiger partial charge >= 0.3 is 5.97 Å². The summed E-state index contributed by atoms with van der Waals surface area (Å²) in [6.07, 6.45) is 1.46. The fourth-order valence-corrected chi connectivity index (χ4v) is 2.04. The Hall–Kier alpha value is -1.16. The van der Waals surface area contributed by atoms with Crippen LogP contribution >= 0.6 is 0 Å². The minimum Gasteiger partial charge on any atom is -0.463 e. The molecule has 0 aromatic heterocycles. The van der Waals surface area contributed by atoms with E-state index in [9.17, 15) is 9.59 Å². The summed E-state index contributed by atoms with van der Waals surface area (Å²) >= 11 is 0. The van der Waals surface area contributed by atoms with Gasteiger partial charge in [0, 0.05) is 18.8 Å². The first-order chi connectivity index (χ1) is 8.68. The number of rotatable bonds is 4. The highest BCUT2D eigenvalue weighted by atomic mass is 16.6. The molecule has 1 rings (SSSR count). The molecule has 1 aliphatic heterocycles. The molecule has 1 fully saturated rings. The lowest BCUT2D eigenvalue weighted by molar-refractivity contribution is -0.150. The molecule has 108 valence electrons. The van der Waals surface area contributed by atoms with Crippen molar-refractivity contribution in [1.29, 1.82) is 0 Å². The highest BCUT2D eigenvalue weighted by Gasteiger charge is 2.30. The Bertz CT molecular complexity index is 365. The third-order valence-corrected chi connectivity index (χ3v) is 3.14. The van der Waals surface area contributed by atoms with Crippen molar-refractivity contribution in [1.82, 2.24) is 0 Å². The lowest BCUT2D eigenvalue weighted by atomic mass is 9.85. The summed E-state index contributed by atoms with van der Waals surface area (Å²) in [5, 5.41) is 0. The van der Waals surface area contributed by atoms with Crippen molar-refractivity contribution in [2.45, 2.75) is 59.2 Å². The zero-order chi connectivity index (χ0) is 14.6. The molecular weight excluding hydrogens is 244 g/mol. The third-order valence-electron chi connectivity index (χ3n) is 3.14. The van der Waals surface area contributed by atoms with Crippen LogP contribution < -0.4 is 0 Å². The van der Waals surface area contributed by atoms with Gasteiger partial charge in [-0.25, -0.2) is 0 Å². The van der Waals surface area contributed by atoms with Crippen molar-refractivity contribution in [2.24, 2.45) is 5.41 Å². The largest absolute Gasteiger partial charge is 0.463 e. The Labute approximate surface area is 115 Å². The molecule has 0 aromatic carbocycles. The van der Waals surface area contributed by atoms with Gasteiger partial charge in [-0.3, -0.25) is 9.59 Å². The van der Waals surface area contributed by atoms with Crippen LogP contribution in [0.5, 0.6) is 0 Å². The van der Waals surface area contributed by atoms with Crippen molar-refractivity contribution >= 4 is 11.8 Å². The van der Waals surface area contributed by atoms with E-state index in [1.807, 2.05) is 20.8 Å². The predicted molar refractivity (Wildman–Crippen MR) is 72.7 cm³/mol. The van der Waals surface area contributed by atoms with Crippen LogP contribution in [0.4, 0.5) is 0 Å². The number of hydrogen-bond acceptors (Lipinski definition) is 4. The van der Waals surface area contributed by atoms with Gasteiger partial charge in [0.2, 0.25) is 0 Å². The normalized spacial score (nSPS) is 24.1. The number of ether oxygens (including phenoxy) is 2. The third kappa shape index (κ3) is 5.55. The maximum Gasteiger partial charge on any atom is 0.302 e. The molecule has 0 unspecified atom stereocenters. The quantitative estimate of drug-likeness (QED) is 0.581. The summed E-state index contributed by atoms with van der Waals surface area (Å²) in [7, 11) is 0. The predicted octanol–water partition coefficient (Wildman–Crippen LogP) is 2.66. The summed E-state index contributed by atoms with van der Waals surface area (Å²) in [6, 6.07) is 0. The van der Waals surface area contributed by atoms with Crippen LogP contribution in [0, 0.1) is 5.41 Å². The monoisotopic (exact) mass is 268 g/mol. The molecule has 0 bridgehead atoms. The summed E-state index contributed by atoms with van der Waals surface area (Å²) in [4.78, 5) is 22.8. The highest BCUT2D eigenvalue weighted by molar-refractivity contribution is 5.84. The van der Waals surface area contributed by atoms with E-state index in [2.05, 4.69) is 6.58 Å². The Morgan fingerprint density at radius 2 is 1.89 bits per heavy atom. The van der Waals surface area contributed by atoms with E-state index in [0.29, 0.717) is 19.3 Å². The first-order valence-electron chi connectivity index (χ1n) is 6.67. The lowest BCUT2D eigenvalue weighted by Gasteiger charge is -2.32. The second-order valence-corrected chi connectivity index (χ2v) is 6.22. The fourth-order valence-electron chi connectivity index (χ4n) is 2.04. The van der Waals surface area contributed by atoms with E-state index in [1.54, 1.807) is 0 Å². The number of hydrogen-bond donors (Lipinski definition) is 0. The molecule has 4 heteroatoms. The lowest BCUT2D eigenvalue weighted by Crippen LogP contribution is -2.35. The van der Waals surface area contributed by atoms with Gasteiger partial charge in [0.05, 0.1) is 12.2 Å². The van der Waals surface area contributed by atoms with Crippen molar-refractivity contribution < 1.29 is 19.1 Å². The van der Waals surface area contributed by atoms with Crippen molar-refractivity contribution in [3.8, 4) is 0 Å². The van der Waals surface area contributed by atoms with E-state index < -0.39 is 0 Å². The number of carbonyl (C=O) groups excluding carboxylic acids is 2. The van der Waals surface area contributed by atoms with Gasteiger partial charge in [0.15, 0.2) is 0 Å². The Morgan fingerprint density at radius 3 is 2.42 bits per heavy atom. The first-order valence-corrected chi connectivity index (χ1v) is 6.67. The standard InChI is InChI=1S/C15H24O4/c1-10-6-12(8-14(17)15(3,4)5)19-13(7-10)9-18-11(2)16/h12-13H,1,6-9H2,2-5H3/t12-,13+/m0/s1. The molecule has 19 heavy (non-hydrogen) atoms. The van der Waals surface area contributed by atoms with E-state index in [-0.39, 0.29) is 36.0 Å². The second-order valence-electron chi connectivity index (χ2n) is 6.22. The topological polar surface area (TPSA) is 52.6 Å². The van der Waals surface area contributed by atoms with Crippen LogP contribution in [0.3, 0.4) is 0 Å². The Morgan fingerprint density at radius 1 is 1.32 bits per heavy atom. The van der Waals surface area contributed by atoms with Gasteiger partial charge in [-0.2, -0.15) is 0 Å². The van der Waals surface area contributed by atoms with Crippen LogP contribution in [-0.2, 0) is 19.1 Å². The number of ketones is 1.